The minimum Gasteiger partial charge on any atom is -0.257 e. The Kier molecular flexibility index (Phi) is 10.8. The third kappa shape index (κ3) is 7.11. The summed E-state index contributed by atoms with van der Waals surface area (Å²) >= 11 is 0. The molecule has 3 aliphatic rings. The van der Waals surface area contributed by atoms with Crippen LogP contribution in [0, 0.1) is 11.8 Å². The number of fused-ring (bicyclic) bond motifs is 7. The van der Waals surface area contributed by atoms with Gasteiger partial charge in [0.15, 0.2) is 12.4 Å². The minimum atomic E-state index is -1.67. The van der Waals surface area contributed by atoms with Crippen LogP contribution in [0.3, 0.4) is 0 Å². The van der Waals surface area contributed by atoms with E-state index in [0.717, 1.165) is 47.9 Å². The SMILES string of the molecule is C=CC1=C(N=C(C)/C=C\C)CCC2c3ccccc3-c3cc(CC(C)C)c([Si](C)(C)C)c[n+]3C2C(=C)[n+]2ccc(C(C)C3CCCCC3)cc21. The van der Waals surface area contributed by atoms with Gasteiger partial charge in [0.25, 0.3) is 0 Å². The van der Waals surface area contributed by atoms with Gasteiger partial charge in [0.1, 0.15) is 0 Å². The fourth-order valence-electron chi connectivity index (χ4n) is 9.17. The molecule has 0 amide bonds. The summed E-state index contributed by atoms with van der Waals surface area (Å²) in [5, 5.41) is 1.57. The molecule has 2 aromatic heterocycles. The molecule has 1 fully saturated rings. The van der Waals surface area contributed by atoms with Crippen LogP contribution in [0.1, 0.15) is 120 Å². The van der Waals surface area contributed by atoms with Crippen molar-refractivity contribution in [3.05, 3.63) is 114 Å². The van der Waals surface area contributed by atoms with Gasteiger partial charge in [-0.25, -0.2) is 0 Å². The summed E-state index contributed by atoms with van der Waals surface area (Å²) in [7, 11) is -1.67. The second-order valence-corrected chi connectivity index (χ2v) is 21.8. The average molecular weight is 684 g/mol. The lowest BCUT2D eigenvalue weighted by Crippen LogP contribution is -2.57. The molecule has 3 atom stereocenters. The van der Waals surface area contributed by atoms with E-state index in [0.29, 0.717) is 11.8 Å². The number of nitrogens with zero attached hydrogens (tertiary/aromatic N) is 3. The van der Waals surface area contributed by atoms with E-state index in [1.165, 1.54) is 65.7 Å². The Hall–Kier alpha value is -3.63. The van der Waals surface area contributed by atoms with Gasteiger partial charge in [-0.3, -0.25) is 4.99 Å². The molecule has 3 nitrogen and oxygen atoms in total. The van der Waals surface area contributed by atoms with E-state index in [1.807, 2.05) is 0 Å². The molecule has 4 heterocycles. The zero-order chi connectivity index (χ0) is 35.7. The standard InChI is InChI=1S/C46H61N3Si/c1-11-18-32(5)47-42-24-23-41-39-21-16-17-22-40(39)44-29-37(27-31(3)4)45(50(8,9)10)30-49(44)46(41)34(7)48-26-25-36(28-43(48)38(42)12-2)33(6)35-19-14-13-15-20-35/h11-12,16-18,21-22,25-26,28-31,33,35,41,46H,2,7,13-15,19-20,23-24,27H2,1,3-6,8-10H3/q+2/b18-11-. The van der Waals surface area contributed by atoms with E-state index in [-0.39, 0.29) is 12.0 Å². The Balaban J connectivity index is 1.61. The number of aliphatic imine (C=N–C) groups is 1. The van der Waals surface area contributed by atoms with Gasteiger partial charge in [-0.2, -0.15) is 9.13 Å². The van der Waals surface area contributed by atoms with E-state index in [4.69, 9.17) is 11.6 Å². The predicted octanol–water partition coefficient (Wildman–Crippen LogP) is 10.9. The van der Waals surface area contributed by atoms with Crippen molar-refractivity contribution in [2.75, 3.05) is 0 Å². The molecule has 3 unspecified atom stereocenters. The largest absolute Gasteiger partial charge is 0.257 e. The van der Waals surface area contributed by atoms with Crippen LogP contribution in [0.25, 0.3) is 22.5 Å². The smallest absolute Gasteiger partial charge is 0.249 e. The molecule has 1 aromatic carbocycles. The van der Waals surface area contributed by atoms with Crippen LogP contribution in [-0.4, -0.2) is 13.8 Å². The molecular weight excluding hydrogens is 623 g/mol. The van der Waals surface area contributed by atoms with Crippen molar-refractivity contribution >= 4 is 30.2 Å². The van der Waals surface area contributed by atoms with Crippen LogP contribution < -0.4 is 14.3 Å². The lowest BCUT2D eigenvalue weighted by atomic mass is 9.77. The molecule has 6 rings (SSSR count). The van der Waals surface area contributed by atoms with Crippen molar-refractivity contribution in [2.45, 2.75) is 124 Å². The van der Waals surface area contributed by atoms with Crippen LogP contribution in [0.2, 0.25) is 19.6 Å². The molecule has 0 radical (unpaired) electrons. The van der Waals surface area contributed by atoms with Crippen LogP contribution in [-0.2, 0) is 6.42 Å². The molecule has 2 aliphatic heterocycles. The highest BCUT2D eigenvalue weighted by Gasteiger charge is 2.48. The van der Waals surface area contributed by atoms with Gasteiger partial charge in [0.05, 0.1) is 25.3 Å². The molecule has 262 valence electrons. The number of rotatable bonds is 8. The first kappa shape index (κ1) is 36.2. The zero-order valence-corrected chi connectivity index (χ0v) is 33.2. The van der Waals surface area contributed by atoms with Gasteiger partial charge in [-0.05, 0) is 99.1 Å². The topological polar surface area (TPSA) is 20.1 Å². The molecule has 0 N–H and O–H groups in total. The third-order valence-corrected chi connectivity index (χ3v) is 13.7. The number of hydrogen-bond donors (Lipinski definition) is 0. The van der Waals surface area contributed by atoms with Crippen LogP contribution in [0.5, 0.6) is 0 Å². The Labute approximate surface area is 304 Å². The summed E-state index contributed by atoms with van der Waals surface area (Å²) < 4.78 is 5.04. The summed E-state index contributed by atoms with van der Waals surface area (Å²) in [6, 6.07) is 16.6. The Morgan fingerprint density at radius 3 is 2.42 bits per heavy atom. The molecule has 1 aliphatic carbocycles. The average Bonchev–Trinajstić information content (AvgIpc) is 3.13. The molecule has 0 spiro atoms. The van der Waals surface area contributed by atoms with Gasteiger partial charge in [-0.15, -0.1) is 0 Å². The second-order valence-electron chi connectivity index (χ2n) is 16.7. The second kappa shape index (κ2) is 14.9. The Bertz CT molecular complexity index is 1860. The summed E-state index contributed by atoms with van der Waals surface area (Å²) in [4.78, 5) is 5.33. The van der Waals surface area contributed by atoms with Crippen LogP contribution >= 0.6 is 0 Å². The summed E-state index contributed by atoms with van der Waals surface area (Å²) in [6.45, 7) is 28.3. The van der Waals surface area contributed by atoms with Gasteiger partial charge < -0.3 is 0 Å². The number of benzene rings is 1. The lowest BCUT2D eigenvalue weighted by molar-refractivity contribution is -0.728. The highest BCUT2D eigenvalue weighted by molar-refractivity contribution is 6.89. The van der Waals surface area contributed by atoms with Crippen molar-refractivity contribution in [1.82, 2.24) is 0 Å². The van der Waals surface area contributed by atoms with Crippen LogP contribution in [0.15, 0.2) is 96.9 Å². The van der Waals surface area contributed by atoms with E-state index in [9.17, 15) is 0 Å². The van der Waals surface area contributed by atoms with E-state index in [1.54, 1.807) is 5.19 Å². The molecule has 1 saturated carbocycles. The fourth-order valence-corrected chi connectivity index (χ4v) is 10.8. The van der Waals surface area contributed by atoms with Crippen molar-refractivity contribution < 1.29 is 9.13 Å². The third-order valence-electron chi connectivity index (χ3n) is 11.7. The Morgan fingerprint density at radius 2 is 1.74 bits per heavy atom. The summed E-state index contributed by atoms with van der Waals surface area (Å²) in [5.74, 6) is 2.09. The fraction of sp³-hybridized carbons (Fsp3) is 0.457. The number of aromatic nitrogens is 2. The van der Waals surface area contributed by atoms with Crippen molar-refractivity contribution in [2.24, 2.45) is 16.8 Å². The maximum absolute atomic E-state index is 5.33. The van der Waals surface area contributed by atoms with Crippen molar-refractivity contribution in [1.29, 1.82) is 0 Å². The summed E-state index contributed by atoms with van der Waals surface area (Å²) in [5.41, 5.74) is 12.6. The molecule has 4 heteroatoms. The summed E-state index contributed by atoms with van der Waals surface area (Å²) in [6.07, 6.45) is 20.8. The first-order valence-electron chi connectivity index (χ1n) is 19.4. The van der Waals surface area contributed by atoms with Gasteiger partial charge in [0.2, 0.25) is 23.1 Å². The van der Waals surface area contributed by atoms with Gasteiger partial charge in [-0.1, -0.05) is 96.6 Å². The van der Waals surface area contributed by atoms with Gasteiger partial charge >= 0.3 is 0 Å². The number of pyridine rings is 2. The van der Waals surface area contributed by atoms with E-state index < -0.39 is 8.07 Å². The Morgan fingerprint density at radius 1 is 1.00 bits per heavy atom. The first-order chi connectivity index (χ1) is 23.9. The van der Waals surface area contributed by atoms with E-state index >= 15 is 0 Å². The molecule has 50 heavy (non-hydrogen) atoms. The monoisotopic (exact) mass is 683 g/mol. The quantitative estimate of drug-likeness (QED) is 0.128. The molecule has 0 saturated heterocycles. The van der Waals surface area contributed by atoms with Gasteiger partial charge in [0, 0.05) is 34.7 Å². The molecular formula is C46H61N3Si+2. The highest BCUT2D eigenvalue weighted by Crippen LogP contribution is 2.46. The maximum atomic E-state index is 5.33. The van der Waals surface area contributed by atoms with Crippen molar-refractivity contribution in [3.8, 4) is 11.3 Å². The lowest BCUT2D eigenvalue weighted by Gasteiger charge is -2.31. The van der Waals surface area contributed by atoms with Crippen molar-refractivity contribution in [3.63, 3.8) is 0 Å². The predicted molar refractivity (Wildman–Crippen MR) is 217 cm³/mol. The van der Waals surface area contributed by atoms with E-state index in [2.05, 4.69) is 143 Å². The number of hydrogen-bond acceptors (Lipinski definition) is 1. The molecule has 0 bridgehead atoms. The maximum Gasteiger partial charge on any atom is 0.249 e. The molecule has 3 aromatic rings. The normalized spacial score (nSPS) is 20.8. The zero-order valence-electron chi connectivity index (χ0n) is 32.2. The number of allylic oxidation sites excluding steroid dienone is 6. The minimum absolute atomic E-state index is 0.0690. The van der Waals surface area contributed by atoms with Crippen LogP contribution in [0.4, 0.5) is 0 Å². The highest BCUT2D eigenvalue weighted by atomic mass is 28.3. The first-order valence-corrected chi connectivity index (χ1v) is 22.9.